The fourth-order valence-corrected chi connectivity index (χ4v) is 3.24. The molecule has 7 nitrogen and oxygen atoms in total. The first kappa shape index (κ1) is 19.7. The largest absolute Gasteiger partial charge is 0.482 e. The number of nitrogens with one attached hydrogen (secondary N) is 3. The van der Waals surface area contributed by atoms with Crippen LogP contribution in [-0.2, 0) is 6.54 Å². The van der Waals surface area contributed by atoms with E-state index in [0.717, 1.165) is 11.3 Å². The van der Waals surface area contributed by atoms with Crippen molar-refractivity contribution in [3.05, 3.63) is 62.4 Å². The SMILES string of the molecule is CCNc1cc(Cl)cc(C(=O)NCc2c(OC)[nH]c3cccnc3c2=O)c1C. The van der Waals surface area contributed by atoms with E-state index in [0.29, 0.717) is 39.6 Å². The molecule has 0 aliphatic carbocycles. The Labute approximate surface area is 167 Å². The first-order valence-electron chi connectivity index (χ1n) is 8.82. The van der Waals surface area contributed by atoms with Crippen LogP contribution < -0.4 is 20.8 Å². The summed E-state index contributed by atoms with van der Waals surface area (Å²) in [5, 5.41) is 6.42. The van der Waals surface area contributed by atoms with Crippen LogP contribution >= 0.6 is 11.6 Å². The lowest BCUT2D eigenvalue weighted by Gasteiger charge is -2.14. The number of rotatable bonds is 6. The molecule has 3 aromatic rings. The zero-order valence-electron chi connectivity index (χ0n) is 15.9. The molecule has 1 amide bonds. The maximum absolute atomic E-state index is 12.8. The first-order valence-corrected chi connectivity index (χ1v) is 9.20. The highest BCUT2D eigenvalue weighted by molar-refractivity contribution is 6.31. The van der Waals surface area contributed by atoms with Crippen molar-refractivity contribution < 1.29 is 9.53 Å². The van der Waals surface area contributed by atoms with Gasteiger partial charge in [-0.25, -0.2) is 0 Å². The monoisotopic (exact) mass is 400 g/mol. The molecular weight excluding hydrogens is 380 g/mol. The molecule has 0 spiro atoms. The van der Waals surface area contributed by atoms with Crippen LogP contribution in [0.1, 0.15) is 28.4 Å². The van der Waals surface area contributed by atoms with Gasteiger partial charge in [-0.2, -0.15) is 0 Å². The Kier molecular flexibility index (Phi) is 5.84. The van der Waals surface area contributed by atoms with E-state index in [-0.39, 0.29) is 17.9 Å². The molecule has 0 aliphatic rings. The molecule has 1 aromatic carbocycles. The summed E-state index contributed by atoms with van der Waals surface area (Å²) in [5.41, 5.74) is 2.89. The normalized spacial score (nSPS) is 10.7. The molecule has 0 unspecified atom stereocenters. The summed E-state index contributed by atoms with van der Waals surface area (Å²) in [7, 11) is 1.46. The van der Waals surface area contributed by atoms with Crippen LogP contribution in [0.15, 0.2) is 35.3 Å². The predicted octanol–water partition coefficient (Wildman–Crippen LogP) is 3.26. The molecule has 3 N–H and O–H groups in total. The van der Waals surface area contributed by atoms with Crippen LogP contribution in [0, 0.1) is 6.92 Å². The Hall–Kier alpha value is -3.06. The highest BCUT2D eigenvalue weighted by Gasteiger charge is 2.17. The molecule has 2 aromatic heterocycles. The van der Waals surface area contributed by atoms with Crippen molar-refractivity contribution in [3.8, 4) is 5.88 Å². The number of hydrogen-bond acceptors (Lipinski definition) is 5. The van der Waals surface area contributed by atoms with Gasteiger partial charge >= 0.3 is 0 Å². The van der Waals surface area contributed by atoms with E-state index < -0.39 is 0 Å². The molecule has 8 heteroatoms. The molecule has 0 bridgehead atoms. The number of amides is 1. The summed E-state index contributed by atoms with van der Waals surface area (Å²) >= 11 is 6.15. The summed E-state index contributed by atoms with van der Waals surface area (Å²) in [6, 6.07) is 6.85. The van der Waals surface area contributed by atoms with Crippen molar-refractivity contribution in [1.29, 1.82) is 0 Å². The fraction of sp³-hybridized carbons (Fsp3) is 0.250. The minimum Gasteiger partial charge on any atom is -0.482 e. The molecule has 0 aliphatic heterocycles. The number of aromatic nitrogens is 2. The zero-order chi connectivity index (χ0) is 20.3. The van der Waals surface area contributed by atoms with E-state index in [1.807, 2.05) is 13.8 Å². The van der Waals surface area contributed by atoms with Crippen molar-refractivity contribution in [2.24, 2.45) is 0 Å². The minimum absolute atomic E-state index is 0.00759. The number of halogens is 1. The van der Waals surface area contributed by atoms with Gasteiger partial charge in [-0.15, -0.1) is 0 Å². The number of ether oxygens (including phenoxy) is 1. The molecule has 28 heavy (non-hydrogen) atoms. The van der Waals surface area contributed by atoms with Gasteiger partial charge in [0.2, 0.25) is 5.43 Å². The van der Waals surface area contributed by atoms with Crippen LogP contribution in [-0.4, -0.2) is 29.5 Å². The molecule has 146 valence electrons. The number of anilines is 1. The van der Waals surface area contributed by atoms with Crippen molar-refractivity contribution >= 4 is 34.2 Å². The molecular formula is C20H21ClN4O3. The van der Waals surface area contributed by atoms with Crippen molar-refractivity contribution in [1.82, 2.24) is 15.3 Å². The maximum Gasteiger partial charge on any atom is 0.251 e. The van der Waals surface area contributed by atoms with E-state index >= 15 is 0 Å². The van der Waals surface area contributed by atoms with Gasteiger partial charge in [-0.05, 0) is 43.7 Å². The number of carbonyl (C=O) groups excluding carboxylic acids is 1. The van der Waals surface area contributed by atoms with Crippen LogP contribution in [0.4, 0.5) is 5.69 Å². The first-order chi connectivity index (χ1) is 13.5. The van der Waals surface area contributed by atoms with Crippen molar-refractivity contribution in [3.63, 3.8) is 0 Å². The Bertz CT molecular complexity index is 1090. The number of methoxy groups -OCH3 is 1. The van der Waals surface area contributed by atoms with E-state index in [2.05, 4.69) is 20.6 Å². The van der Waals surface area contributed by atoms with E-state index in [1.165, 1.54) is 7.11 Å². The van der Waals surface area contributed by atoms with Crippen LogP contribution in [0.2, 0.25) is 5.02 Å². The third-order valence-corrected chi connectivity index (χ3v) is 4.65. The standard InChI is InChI=1S/C20H21ClN4O3/c1-4-22-16-9-12(21)8-13(11(16)2)19(27)24-10-14-18(26)17-15(6-5-7-23-17)25-20(14)28-3/h5-9,22H,4,10H2,1-3H3,(H,24,27)(H,25,26). The lowest BCUT2D eigenvalue weighted by molar-refractivity contribution is 0.0950. The summed E-state index contributed by atoms with van der Waals surface area (Å²) in [6.07, 6.45) is 1.55. The summed E-state index contributed by atoms with van der Waals surface area (Å²) in [4.78, 5) is 32.7. The number of fused-ring (bicyclic) bond motifs is 1. The lowest BCUT2D eigenvalue weighted by Crippen LogP contribution is -2.28. The van der Waals surface area contributed by atoms with Gasteiger partial charge in [0.15, 0.2) is 5.88 Å². The predicted molar refractivity (Wildman–Crippen MR) is 110 cm³/mol. The van der Waals surface area contributed by atoms with Gasteiger partial charge in [-0.3, -0.25) is 14.6 Å². The van der Waals surface area contributed by atoms with Gasteiger partial charge in [0, 0.05) is 29.0 Å². The Morgan fingerprint density at radius 2 is 2.14 bits per heavy atom. The number of nitrogens with zero attached hydrogens (tertiary/aromatic N) is 1. The number of hydrogen-bond donors (Lipinski definition) is 3. The summed E-state index contributed by atoms with van der Waals surface area (Å²) in [6.45, 7) is 4.51. The Balaban J connectivity index is 1.92. The molecule has 0 radical (unpaired) electrons. The topological polar surface area (TPSA) is 96.1 Å². The average Bonchev–Trinajstić information content (AvgIpc) is 2.69. The molecule has 0 fully saturated rings. The van der Waals surface area contributed by atoms with Crippen LogP contribution in [0.3, 0.4) is 0 Å². The third-order valence-electron chi connectivity index (χ3n) is 4.43. The van der Waals surface area contributed by atoms with Gasteiger partial charge < -0.3 is 20.4 Å². The van der Waals surface area contributed by atoms with Crippen molar-refractivity contribution in [2.45, 2.75) is 20.4 Å². The van der Waals surface area contributed by atoms with Crippen LogP contribution in [0.5, 0.6) is 5.88 Å². The summed E-state index contributed by atoms with van der Waals surface area (Å²) < 4.78 is 5.30. The fourth-order valence-electron chi connectivity index (χ4n) is 3.02. The number of pyridine rings is 2. The van der Waals surface area contributed by atoms with Gasteiger partial charge in [-0.1, -0.05) is 11.6 Å². The van der Waals surface area contributed by atoms with E-state index in [1.54, 1.807) is 30.5 Å². The number of benzene rings is 1. The van der Waals surface area contributed by atoms with Crippen molar-refractivity contribution in [2.75, 3.05) is 19.0 Å². The van der Waals surface area contributed by atoms with Gasteiger partial charge in [0.05, 0.1) is 24.7 Å². The Morgan fingerprint density at radius 1 is 1.36 bits per heavy atom. The average molecular weight is 401 g/mol. The number of carbonyl (C=O) groups is 1. The quantitative estimate of drug-likeness (QED) is 0.590. The van der Waals surface area contributed by atoms with Gasteiger partial charge in [0.25, 0.3) is 5.91 Å². The molecule has 0 saturated carbocycles. The summed E-state index contributed by atoms with van der Waals surface area (Å²) in [5.74, 6) is -0.0383. The molecule has 3 rings (SSSR count). The smallest absolute Gasteiger partial charge is 0.251 e. The second-order valence-electron chi connectivity index (χ2n) is 6.20. The second-order valence-corrected chi connectivity index (χ2v) is 6.64. The van der Waals surface area contributed by atoms with Gasteiger partial charge in [0.1, 0.15) is 5.52 Å². The second kappa shape index (κ2) is 8.31. The van der Waals surface area contributed by atoms with Crippen LogP contribution in [0.25, 0.3) is 11.0 Å². The highest BCUT2D eigenvalue weighted by atomic mass is 35.5. The van der Waals surface area contributed by atoms with E-state index in [4.69, 9.17) is 16.3 Å². The maximum atomic E-state index is 12.8. The third kappa shape index (κ3) is 3.80. The zero-order valence-corrected chi connectivity index (χ0v) is 16.6. The number of H-pyrrole nitrogens is 1. The molecule has 0 saturated heterocycles. The minimum atomic E-state index is -0.332. The highest BCUT2D eigenvalue weighted by Crippen LogP contribution is 2.25. The lowest BCUT2D eigenvalue weighted by atomic mass is 10.1. The van der Waals surface area contributed by atoms with E-state index in [9.17, 15) is 9.59 Å². The molecule has 0 atom stereocenters. The molecule has 2 heterocycles. The number of aromatic amines is 1. The Morgan fingerprint density at radius 3 is 2.86 bits per heavy atom.